The summed E-state index contributed by atoms with van der Waals surface area (Å²) in [5, 5.41) is 1.32. The Labute approximate surface area is 73.0 Å². The van der Waals surface area contributed by atoms with E-state index >= 15 is 0 Å². The number of nitrogens with one attached hydrogen (secondary N) is 1. The molecule has 0 amide bonds. The predicted molar refractivity (Wildman–Crippen MR) is 54.3 cm³/mol. The molecule has 1 nitrogen and oxygen atoms in total. The summed E-state index contributed by atoms with van der Waals surface area (Å²) in [5.74, 6) is 0. The summed E-state index contributed by atoms with van der Waals surface area (Å²) in [7, 11) is 2.15. The molecule has 0 aliphatic carbocycles. The second-order valence-corrected chi connectivity index (χ2v) is 3.00. The van der Waals surface area contributed by atoms with Crippen LogP contribution in [-0.2, 0) is 0 Å². The number of aromatic nitrogens is 1. The third-order valence-corrected chi connectivity index (χ3v) is 2.23. The first-order chi connectivity index (χ1) is 5.83. The molecule has 0 saturated carbocycles. The monoisotopic (exact) mass is 156 g/mol. The van der Waals surface area contributed by atoms with Crippen LogP contribution in [0.4, 0.5) is 0 Å². The average Bonchev–Trinajstić information content (AvgIpc) is 2.40. The molecule has 1 N–H and O–H groups in total. The number of aromatic amines is 1. The van der Waals surface area contributed by atoms with Crippen molar-refractivity contribution in [3.8, 4) is 0 Å². The number of hydrogen-bond donors (Lipinski definition) is 1. The van der Waals surface area contributed by atoms with Crippen molar-refractivity contribution in [2.24, 2.45) is 0 Å². The van der Waals surface area contributed by atoms with Gasteiger partial charge < -0.3 is 4.98 Å². The number of H-pyrrole nitrogens is 1. The van der Waals surface area contributed by atoms with Gasteiger partial charge in [-0.25, -0.2) is 0 Å². The molecule has 1 aromatic carbocycles. The van der Waals surface area contributed by atoms with Crippen LogP contribution in [0.5, 0.6) is 0 Å². The SMILES string of the molecule is C[B]c1c(C)[nH]c2ccccc12. The van der Waals surface area contributed by atoms with Gasteiger partial charge in [0.15, 0.2) is 7.28 Å². The molecule has 0 spiro atoms. The first-order valence-corrected chi connectivity index (χ1v) is 4.19. The molecule has 0 aliphatic rings. The number of benzene rings is 1. The maximum Gasteiger partial charge on any atom is 0.151 e. The molecular weight excluding hydrogens is 145 g/mol. The Morgan fingerprint density at radius 1 is 1.25 bits per heavy atom. The van der Waals surface area contributed by atoms with Crippen molar-refractivity contribution in [2.45, 2.75) is 13.7 Å². The third-order valence-electron chi connectivity index (χ3n) is 2.23. The highest BCUT2D eigenvalue weighted by Gasteiger charge is 2.04. The van der Waals surface area contributed by atoms with Gasteiger partial charge in [-0.05, 0) is 18.4 Å². The highest BCUT2D eigenvalue weighted by molar-refractivity contribution is 6.56. The summed E-state index contributed by atoms with van der Waals surface area (Å²) in [6.07, 6.45) is 0. The fourth-order valence-electron chi connectivity index (χ4n) is 1.67. The molecule has 0 fully saturated rings. The average molecular weight is 156 g/mol. The predicted octanol–water partition coefficient (Wildman–Crippen LogP) is 1.85. The smallest absolute Gasteiger partial charge is 0.151 e. The number of rotatable bonds is 1. The van der Waals surface area contributed by atoms with Crippen LogP contribution in [0.2, 0.25) is 6.82 Å². The van der Waals surface area contributed by atoms with Gasteiger partial charge in [0.25, 0.3) is 0 Å². The van der Waals surface area contributed by atoms with E-state index in [1.54, 1.807) is 0 Å². The van der Waals surface area contributed by atoms with Crippen LogP contribution in [-0.4, -0.2) is 12.3 Å². The summed E-state index contributed by atoms with van der Waals surface area (Å²) in [6.45, 7) is 4.18. The van der Waals surface area contributed by atoms with Crippen LogP contribution in [0.25, 0.3) is 10.9 Å². The molecule has 2 rings (SSSR count). The first-order valence-electron chi connectivity index (χ1n) is 4.19. The fourth-order valence-corrected chi connectivity index (χ4v) is 1.67. The van der Waals surface area contributed by atoms with E-state index in [1.165, 1.54) is 22.1 Å². The van der Waals surface area contributed by atoms with Crippen LogP contribution >= 0.6 is 0 Å². The van der Waals surface area contributed by atoms with Crippen LogP contribution in [0.1, 0.15) is 5.69 Å². The Balaban J connectivity index is 2.81. The van der Waals surface area contributed by atoms with E-state index in [9.17, 15) is 0 Å². The summed E-state index contributed by atoms with van der Waals surface area (Å²) >= 11 is 0. The van der Waals surface area contributed by atoms with Crippen molar-refractivity contribution >= 4 is 23.6 Å². The summed E-state index contributed by atoms with van der Waals surface area (Å²) in [5.41, 5.74) is 3.80. The normalized spacial score (nSPS) is 10.5. The molecule has 0 unspecified atom stereocenters. The topological polar surface area (TPSA) is 15.8 Å². The van der Waals surface area contributed by atoms with Gasteiger partial charge in [0.05, 0.1) is 0 Å². The summed E-state index contributed by atoms with van der Waals surface area (Å²) in [4.78, 5) is 3.35. The largest absolute Gasteiger partial charge is 0.359 e. The first kappa shape index (κ1) is 7.47. The zero-order valence-electron chi connectivity index (χ0n) is 7.39. The Bertz CT molecular complexity index is 403. The number of para-hydroxylation sites is 1. The molecule has 2 heteroatoms. The minimum atomic E-state index is 1.23. The van der Waals surface area contributed by atoms with E-state index in [-0.39, 0.29) is 0 Å². The molecular formula is C10H11BN. The van der Waals surface area contributed by atoms with Crippen LogP contribution in [0.15, 0.2) is 24.3 Å². The van der Waals surface area contributed by atoms with Crippen molar-refractivity contribution in [2.75, 3.05) is 0 Å². The second-order valence-electron chi connectivity index (χ2n) is 3.00. The second kappa shape index (κ2) is 2.70. The lowest BCUT2D eigenvalue weighted by atomic mass is 9.72. The van der Waals surface area contributed by atoms with E-state index < -0.39 is 0 Å². The van der Waals surface area contributed by atoms with Crippen molar-refractivity contribution in [3.05, 3.63) is 30.0 Å². The minimum absolute atomic E-state index is 1.23. The molecule has 0 saturated heterocycles. The third kappa shape index (κ3) is 0.952. The zero-order valence-corrected chi connectivity index (χ0v) is 7.39. The quantitative estimate of drug-likeness (QED) is 0.606. The van der Waals surface area contributed by atoms with Gasteiger partial charge in [0.2, 0.25) is 0 Å². The fraction of sp³-hybridized carbons (Fsp3) is 0.200. The van der Waals surface area contributed by atoms with Crippen LogP contribution in [0.3, 0.4) is 0 Å². The van der Waals surface area contributed by atoms with E-state index in [4.69, 9.17) is 0 Å². The van der Waals surface area contributed by atoms with Crippen molar-refractivity contribution < 1.29 is 0 Å². The molecule has 0 aliphatic heterocycles. The van der Waals surface area contributed by atoms with Crippen LogP contribution in [0, 0.1) is 6.92 Å². The summed E-state index contributed by atoms with van der Waals surface area (Å²) < 4.78 is 0. The van der Waals surface area contributed by atoms with E-state index in [2.05, 4.69) is 50.3 Å². The molecule has 1 aromatic heterocycles. The Morgan fingerprint density at radius 3 is 2.75 bits per heavy atom. The molecule has 0 atom stereocenters. The van der Waals surface area contributed by atoms with Gasteiger partial charge in [-0.3, -0.25) is 0 Å². The molecule has 1 radical (unpaired) electrons. The zero-order chi connectivity index (χ0) is 8.55. The molecule has 12 heavy (non-hydrogen) atoms. The van der Waals surface area contributed by atoms with Gasteiger partial charge >= 0.3 is 0 Å². The lowest BCUT2D eigenvalue weighted by molar-refractivity contribution is 1.32. The molecule has 59 valence electrons. The lowest BCUT2D eigenvalue weighted by Gasteiger charge is -1.92. The van der Waals surface area contributed by atoms with Crippen LogP contribution < -0.4 is 5.46 Å². The van der Waals surface area contributed by atoms with Crippen molar-refractivity contribution in [3.63, 3.8) is 0 Å². The van der Waals surface area contributed by atoms with E-state index in [0.717, 1.165) is 0 Å². The minimum Gasteiger partial charge on any atom is -0.359 e. The van der Waals surface area contributed by atoms with Gasteiger partial charge in [-0.2, -0.15) is 0 Å². The van der Waals surface area contributed by atoms with Gasteiger partial charge in [0, 0.05) is 11.2 Å². The maximum atomic E-state index is 3.35. The van der Waals surface area contributed by atoms with Gasteiger partial charge in [-0.15, -0.1) is 0 Å². The lowest BCUT2D eigenvalue weighted by Crippen LogP contribution is -2.11. The highest BCUT2D eigenvalue weighted by atomic mass is 14.7. The number of hydrogen-bond acceptors (Lipinski definition) is 0. The van der Waals surface area contributed by atoms with Crippen molar-refractivity contribution in [1.82, 2.24) is 4.98 Å². The highest BCUT2D eigenvalue weighted by Crippen LogP contribution is 2.11. The molecule has 0 bridgehead atoms. The van der Waals surface area contributed by atoms with Crippen molar-refractivity contribution in [1.29, 1.82) is 0 Å². The standard InChI is InChI=1S/C10H11BN/c1-7-10(11-2)8-5-3-4-6-9(8)12-7/h3-6,12H,1-2H3. The van der Waals surface area contributed by atoms with Gasteiger partial charge in [0.1, 0.15) is 0 Å². The van der Waals surface area contributed by atoms with E-state index in [1.807, 2.05) is 0 Å². The Hall–Kier alpha value is -1.18. The molecule has 1 heterocycles. The Morgan fingerprint density at radius 2 is 2.00 bits per heavy atom. The van der Waals surface area contributed by atoms with Gasteiger partial charge in [-0.1, -0.05) is 30.5 Å². The number of aryl methyl sites for hydroxylation is 1. The number of fused-ring (bicyclic) bond motifs is 1. The molecule has 2 aromatic rings. The summed E-state index contributed by atoms with van der Waals surface area (Å²) in [6, 6.07) is 8.38. The van der Waals surface area contributed by atoms with E-state index in [0.29, 0.717) is 0 Å². The Kier molecular flexibility index (Phi) is 1.68. The maximum absolute atomic E-state index is 3.35.